The lowest BCUT2D eigenvalue weighted by molar-refractivity contribution is 3.76. The lowest BCUT2D eigenvalue weighted by atomic mass is 26.1. The molecule has 0 atom stereocenters. The van der Waals surface area contributed by atoms with E-state index in [1.54, 1.807) is 58.6 Å². The molecular weight excluding hydrogens is 225 g/mol. The lowest BCUT2D eigenvalue weighted by Crippen LogP contribution is -2.38. The fourth-order valence-corrected chi connectivity index (χ4v) is 0. The van der Waals surface area contributed by atoms with Crippen LogP contribution in [0.3, 0.4) is 0 Å². The third kappa shape index (κ3) is 117. The van der Waals surface area contributed by atoms with Crippen molar-refractivity contribution in [3.63, 3.8) is 0 Å². The zero-order valence-electron chi connectivity index (χ0n) is 7.21. The van der Waals surface area contributed by atoms with Gasteiger partial charge in [0.2, 0.25) is 0 Å². The maximum Gasteiger partial charge on any atom is -0.00681 e. The predicted molar refractivity (Wildman–Crippen MR) is 73.9 cm³/mol. The van der Waals surface area contributed by atoms with Crippen molar-refractivity contribution >= 4 is 73.3 Å². The molecule has 0 amide bonds. The molecule has 0 N–H and O–H groups in total. The predicted octanol–water partition coefficient (Wildman–Crippen LogP) is -8.40. The second-order valence-corrected chi connectivity index (χ2v) is 100. The van der Waals surface area contributed by atoms with Gasteiger partial charge in [0.05, 0.1) is 0 Å². The van der Waals surface area contributed by atoms with Gasteiger partial charge < -0.3 is 0 Å². The topological polar surface area (TPSA) is 0 Å². The Morgan fingerprint density at radius 3 is 0.875 bits per heavy atom. The molecule has 0 radical (unpaired) electrons. The molecule has 8 heavy (non-hydrogen) atoms. The van der Waals surface area contributed by atoms with Crippen molar-refractivity contribution < 1.29 is 0 Å². The molecule has 0 nitrogen and oxygen atoms in total. The highest BCUT2D eigenvalue weighted by Gasteiger charge is 1.99. The van der Waals surface area contributed by atoms with Crippen LogP contribution in [0.4, 0.5) is 0 Å². The smallest absolute Gasteiger partial charge is 0.00681 e. The van der Waals surface area contributed by atoms with E-state index in [-0.39, 0.29) is 6.14 Å². The maximum absolute atomic E-state index is 1.63. The van der Waals surface area contributed by atoms with Crippen molar-refractivity contribution in [3.8, 4) is 0 Å². The minimum atomic E-state index is -0.0556. The molecule has 0 aliphatic rings. The summed E-state index contributed by atoms with van der Waals surface area (Å²) in [5.74, 6) is 0. The van der Waals surface area contributed by atoms with Gasteiger partial charge in [0, 0.05) is 0 Å². The molecule has 0 bridgehead atoms. The van der Waals surface area contributed by atoms with Gasteiger partial charge in [-0.05, 0) is 73.3 Å². The second-order valence-electron chi connectivity index (χ2n) is 3.71. The summed E-state index contributed by atoms with van der Waals surface area (Å²) in [6.45, 7) is 0. The Morgan fingerprint density at radius 2 is 0.875 bits per heavy atom. The van der Waals surface area contributed by atoms with Crippen molar-refractivity contribution in [1.82, 2.24) is 0 Å². The normalized spacial score (nSPS) is 19.5. The fraction of sp³-hybridized carbons (Fsp3) is 0. The SMILES string of the molecule is [SiH3][SiH2][SiH3].[SiH3][Si]([SiH3])([SiH3])[SiH3]. The van der Waals surface area contributed by atoms with Crippen LogP contribution in [0.1, 0.15) is 0 Å². The molecule has 0 heterocycles. The quantitative estimate of drug-likeness (QED) is 0.372. The van der Waals surface area contributed by atoms with Gasteiger partial charge in [0.25, 0.3) is 0 Å². The zero-order valence-corrected chi connectivity index (χ0v) is 21.6. The molecule has 0 aromatic rings. The van der Waals surface area contributed by atoms with E-state index in [9.17, 15) is 0 Å². The molecule has 0 aliphatic carbocycles. The van der Waals surface area contributed by atoms with Gasteiger partial charge in [-0.1, -0.05) is 0 Å². The molecule has 0 unspecified atom stereocenters. The summed E-state index contributed by atoms with van der Waals surface area (Å²) in [5.41, 5.74) is 0. The summed E-state index contributed by atoms with van der Waals surface area (Å²) in [6, 6.07) is 0. The second kappa shape index (κ2) is 6.85. The first kappa shape index (κ1) is 12.4. The summed E-state index contributed by atoms with van der Waals surface area (Å²) in [5, 5.41) is 0. The molecule has 0 saturated carbocycles. The van der Waals surface area contributed by atoms with Crippen LogP contribution in [0.2, 0.25) is 0 Å². The first-order chi connectivity index (χ1) is 3.41. The number of hydrogen-bond acceptors (Lipinski definition) is 0. The van der Waals surface area contributed by atoms with Crippen LogP contribution < -0.4 is 0 Å². The Morgan fingerprint density at radius 1 is 0.875 bits per heavy atom. The average molecular weight is 245 g/mol. The van der Waals surface area contributed by atoms with Gasteiger partial charge in [0.15, 0.2) is 0 Å². The summed E-state index contributed by atoms with van der Waals surface area (Å²) in [4.78, 5) is 0. The Kier molecular flexibility index (Phi) is 10.6. The van der Waals surface area contributed by atoms with Crippen LogP contribution >= 0.6 is 0 Å². The van der Waals surface area contributed by atoms with Crippen molar-refractivity contribution in [1.29, 1.82) is 0 Å². The summed E-state index contributed by atoms with van der Waals surface area (Å²) >= 11 is 0. The molecule has 0 aromatic heterocycles. The third-order valence-electron chi connectivity index (χ3n) is 0. The van der Waals surface area contributed by atoms with E-state index in [1.165, 1.54) is 0 Å². The highest BCUT2D eigenvalue weighted by Crippen LogP contribution is 1.62. The van der Waals surface area contributed by atoms with Crippen molar-refractivity contribution in [2.24, 2.45) is 0 Å². The standard InChI is InChI=1S/H12Si5.H8Si3/c1-5(2,3)4;1-3-2/h1-4H3;3H2,1-2H3. The summed E-state index contributed by atoms with van der Waals surface area (Å²) < 4.78 is 0. The van der Waals surface area contributed by atoms with Crippen LogP contribution in [0.5, 0.6) is 0 Å². The van der Waals surface area contributed by atoms with Crippen molar-refractivity contribution in [2.45, 2.75) is 0 Å². The van der Waals surface area contributed by atoms with E-state index in [0.29, 0.717) is 8.55 Å². The summed E-state index contributed by atoms with van der Waals surface area (Å²) in [6.07, 6.45) is -0.0556. The van der Waals surface area contributed by atoms with Crippen LogP contribution in [0.15, 0.2) is 0 Å². The Labute approximate surface area is 73.1 Å². The molecule has 8 heteroatoms. The van der Waals surface area contributed by atoms with Crippen LogP contribution in [0.25, 0.3) is 0 Å². The molecule has 0 aromatic carbocycles. The molecule has 0 fully saturated rings. The van der Waals surface area contributed by atoms with Crippen LogP contribution in [0, 0.1) is 0 Å². The first-order valence-electron chi connectivity index (χ1n) is 3.41. The van der Waals surface area contributed by atoms with Gasteiger partial charge in [0.1, 0.15) is 0 Å². The van der Waals surface area contributed by atoms with E-state index in [2.05, 4.69) is 0 Å². The van der Waals surface area contributed by atoms with Gasteiger partial charge in [-0.15, -0.1) is 0 Å². The van der Waals surface area contributed by atoms with Crippen LogP contribution in [-0.2, 0) is 0 Å². The van der Waals surface area contributed by atoms with Gasteiger partial charge in [-0.3, -0.25) is 0 Å². The molecule has 52 valence electrons. The molecular formula is H20Si8. The van der Waals surface area contributed by atoms with E-state index in [1.807, 2.05) is 0 Å². The third-order valence-corrected chi connectivity index (χ3v) is 0. The fourth-order valence-electron chi connectivity index (χ4n) is 0. The summed E-state index contributed by atoms with van der Waals surface area (Å²) in [7, 11) is 10.4. The Bertz CT molecular complexity index is 23.8. The van der Waals surface area contributed by atoms with Crippen molar-refractivity contribution in [3.05, 3.63) is 0 Å². The van der Waals surface area contributed by atoms with E-state index in [0.717, 1.165) is 0 Å². The van der Waals surface area contributed by atoms with Gasteiger partial charge in [-0.25, -0.2) is 0 Å². The minimum Gasteiger partial charge on any atom is -0.0120 e. The average Bonchev–Trinajstić information content (AvgIpc) is 1.27. The van der Waals surface area contributed by atoms with Gasteiger partial charge >= 0.3 is 0 Å². The van der Waals surface area contributed by atoms with Crippen LogP contribution in [-0.4, -0.2) is 73.3 Å². The Balaban J connectivity index is 0. The van der Waals surface area contributed by atoms with Gasteiger partial charge in [-0.2, -0.15) is 0 Å². The minimum absolute atomic E-state index is 0.0556. The largest absolute Gasteiger partial charge is 0.0120 e. The Hall–Kier alpha value is 1.74. The van der Waals surface area contributed by atoms with E-state index in [4.69, 9.17) is 0 Å². The van der Waals surface area contributed by atoms with E-state index >= 15 is 0 Å². The monoisotopic (exact) mass is 244 g/mol. The zero-order chi connectivity index (χ0) is 7.21. The lowest BCUT2D eigenvalue weighted by Gasteiger charge is -2.01. The molecule has 0 aliphatic heterocycles. The first-order valence-corrected chi connectivity index (χ1v) is 30.7. The highest BCUT2D eigenvalue weighted by molar-refractivity contribution is 7.76. The van der Waals surface area contributed by atoms with Crippen molar-refractivity contribution in [2.75, 3.05) is 0 Å². The molecule has 0 saturated heterocycles. The molecule has 0 spiro atoms. The number of rotatable bonds is 0. The maximum atomic E-state index is 1.63. The molecule has 0 rings (SSSR count). The highest BCUT2D eigenvalue weighted by atomic mass is 30.1. The number of hydrogen-bond donors (Lipinski definition) is 0. The van der Waals surface area contributed by atoms with E-state index < -0.39 is 0 Å².